The highest BCUT2D eigenvalue weighted by Gasteiger charge is 2.16. The second kappa shape index (κ2) is 5.36. The van der Waals surface area contributed by atoms with Gasteiger partial charge in [-0.1, -0.05) is 72.8 Å². The molecule has 0 unspecified atom stereocenters. The fraction of sp³-hybridized carbons (Fsp3) is 0.0455. The van der Waals surface area contributed by atoms with E-state index in [4.69, 9.17) is 0 Å². The maximum absolute atomic E-state index is 11.4. The van der Waals surface area contributed by atoms with E-state index in [0.717, 1.165) is 5.56 Å². The van der Waals surface area contributed by atoms with Crippen molar-refractivity contribution in [3.05, 3.63) is 78.4 Å². The van der Waals surface area contributed by atoms with Gasteiger partial charge in [-0.25, -0.2) is 0 Å². The fourth-order valence-corrected chi connectivity index (χ4v) is 3.31. The molecule has 0 spiro atoms. The first-order valence-corrected chi connectivity index (χ1v) is 7.76. The molecule has 4 rings (SSSR count). The van der Waals surface area contributed by atoms with Crippen LogP contribution in [-0.4, -0.2) is 5.78 Å². The Hall–Kier alpha value is -2.93. The van der Waals surface area contributed by atoms with Crippen molar-refractivity contribution in [3.63, 3.8) is 0 Å². The molecule has 0 saturated carbocycles. The van der Waals surface area contributed by atoms with E-state index < -0.39 is 0 Å². The molecule has 0 N–H and O–H groups in total. The molecule has 2 aromatic rings. The summed E-state index contributed by atoms with van der Waals surface area (Å²) in [6, 6.07) is 23.2. The molecule has 0 bridgehead atoms. The number of benzene rings is 2. The Morgan fingerprint density at radius 1 is 0.783 bits per heavy atom. The Labute approximate surface area is 135 Å². The van der Waals surface area contributed by atoms with Crippen molar-refractivity contribution in [1.82, 2.24) is 0 Å². The lowest BCUT2D eigenvalue weighted by atomic mass is 10.0. The van der Waals surface area contributed by atoms with E-state index in [1.807, 2.05) is 12.1 Å². The molecule has 23 heavy (non-hydrogen) atoms. The van der Waals surface area contributed by atoms with Crippen LogP contribution in [0, 0.1) is 0 Å². The third-order valence-electron chi connectivity index (χ3n) is 4.30. The summed E-state index contributed by atoms with van der Waals surface area (Å²) in [6.45, 7) is 1.59. The van der Waals surface area contributed by atoms with Crippen LogP contribution >= 0.6 is 0 Å². The molecule has 0 fully saturated rings. The maximum atomic E-state index is 11.4. The van der Waals surface area contributed by atoms with Gasteiger partial charge in [-0.05, 0) is 51.2 Å². The largest absolute Gasteiger partial charge is 0.295 e. The van der Waals surface area contributed by atoms with Crippen LogP contribution in [-0.2, 0) is 4.79 Å². The number of carbonyl (C=O) groups is 1. The van der Waals surface area contributed by atoms with Gasteiger partial charge in [-0.3, -0.25) is 4.79 Å². The van der Waals surface area contributed by atoms with Crippen LogP contribution in [0.25, 0.3) is 38.7 Å². The van der Waals surface area contributed by atoms with Gasteiger partial charge in [0.15, 0.2) is 5.78 Å². The van der Waals surface area contributed by atoms with Crippen LogP contribution in [0.15, 0.2) is 72.8 Å². The molecule has 0 heterocycles. The van der Waals surface area contributed by atoms with Gasteiger partial charge in [0.25, 0.3) is 0 Å². The average molecular weight is 296 g/mol. The maximum Gasteiger partial charge on any atom is 0.152 e. The topological polar surface area (TPSA) is 17.1 Å². The van der Waals surface area contributed by atoms with E-state index >= 15 is 0 Å². The van der Waals surface area contributed by atoms with E-state index in [0.29, 0.717) is 0 Å². The van der Waals surface area contributed by atoms with Crippen molar-refractivity contribution in [2.24, 2.45) is 0 Å². The van der Waals surface area contributed by atoms with Gasteiger partial charge in [0.1, 0.15) is 0 Å². The molecule has 2 aliphatic carbocycles. The molecule has 0 amide bonds. The molecular weight excluding hydrogens is 280 g/mol. The van der Waals surface area contributed by atoms with Gasteiger partial charge < -0.3 is 0 Å². The molecular formula is C22H16O. The van der Waals surface area contributed by atoms with Gasteiger partial charge in [-0.2, -0.15) is 0 Å². The van der Waals surface area contributed by atoms with Crippen molar-refractivity contribution < 1.29 is 4.79 Å². The van der Waals surface area contributed by atoms with Crippen LogP contribution in [0.3, 0.4) is 0 Å². The molecule has 1 heteroatoms. The first-order chi connectivity index (χ1) is 11.3. The summed E-state index contributed by atoms with van der Waals surface area (Å²) >= 11 is 0. The van der Waals surface area contributed by atoms with Crippen molar-refractivity contribution in [2.75, 3.05) is 0 Å². The Kier molecular flexibility index (Phi) is 3.20. The molecule has 0 atom stereocenters. The number of fused-ring (bicyclic) bond motifs is 5. The number of ketones is 1. The first-order valence-electron chi connectivity index (χ1n) is 7.76. The zero-order valence-electron chi connectivity index (χ0n) is 12.9. The summed E-state index contributed by atoms with van der Waals surface area (Å²) in [6.07, 6.45) is 3.61. The Morgan fingerprint density at radius 2 is 1.52 bits per heavy atom. The Bertz CT molecular complexity index is 1040. The summed E-state index contributed by atoms with van der Waals surface area (Å²) in [5, 5.41) is 4.91. The predicted molar refractivity (Wildman–Crippen MR) is 97.8 cm³/mol. The van der Waals surface area contributed by atoms with Crippen molar-refractivity contribution in [1.29, 1.82) is 0 Å². The number of hydrogen-bond acceptors (Lipinski definition) is 1. The molecule has 0 radical (unpaired) electrons. The minimum Gasteiger partial charge on any atom is -0.295 e. The van der Waals surface area contributed by atoms with Gasteiger partial charge in [0, 0.05) is 0 Å². The highest BCUT2D eigenvalue weighted by atomic mass is 16.1. The van der Waals surface area contributed by atoms with Crippen LogP contribution in [0.5, 0.6) is 0 Å². The zero-order valence-corrected chi connectivity index (χ0v) is 12.9. The minimum absolute atomic E-state index is 0.0630. The van der Waals surface area contributed by atoms with Crippen molar-refractivity contribution >= 4 is 33.4 Å². The smallest absolute Gasteiger partial charge is 0.152 e. The zero-order chi connectivity index (χ0) is 15.8. The average Bonchev–Trinajstić information content (AvgIpc) is 2.71. The number of allylic oxidation sites excluding steroid dienone is 1. The number of hydrogen-bond donors (Lipinski definition) is 0. The Balaban J connectivity index is 2.23. The summed E-state index contributed by atoms with van der Waals surface area (Å²) in [5.74, 6) is 0.0630. The van der Waals surface area contributed by atoms with E-state index in [1.165, 1.54) is 32.7 Å². The quantitative estimate of drug-likeness (QED) is 0.434. The van der Waals surface area contributed by atoms with Crippen LogP contribution < -0.4 is 0 Å². The Morgan fingerprint density at radius 3 is 2.35 bits per heavy atom. The predicted octanol–water partition coefficient (Wildman–Crippen LogP) is 5.70. The second-order valence-corrected chi connectivity index (χ2v) is 5.80. The number of carbonyl (C=O) groups excluding carboxylic acids is 1. The van der Waals surface area contributed by atoms with Crippen molar-refractivity contribution in [3.8, 4) is 11.1 Å². The molecule has 2 aromatic carbocycles. The van der Waals surface area contributed by atoms with Gasteiger partial charge in [0.2, 0.25) is 0 Å². The lowest BCUT2D eigenvalue weighted by Crippen LogP contribution is -1.81. The molecule has 0 aliphatic heterocycles. The van der Waals surface area contributed by atoms with E-state index in [-0.39, 0.29) is 5.78 Å². The van der Waals surface area contributed by atoms with Crippen LogP contribution in [0.1, 0.15) is 12.5 Å². The number of rotatable bonds is 2. The van der Waals surface area contributed by atoms with Crippen LogP contribution in [0.2, 0.25) is 0 Å². The summed E-state index contributed by atoms with van der Waals surface area (Å²) in [7, 11) is 0. The SMILES string of the molecule is CC(=O)/C=C/c1c2cccccc-2c2ccc3ccccc3c12. The summed E-state index contributed by atoms with van der Waals surface area (Å²) in [4.78, 5) is 11.4. The van der Waals surface area contributed by atoms with E-state index in [2.05, 4.69) is 60.7 Å². The molecule has 1 nitrogen and oxygen atoms in total. The van der Waals surface area contributed by atoms with Crippen LogP contribution in [0.4, 0.5) is 0 Å². The highest BCUT2D eigenvalue weighted by molar-refractivity contribution is 6.20. The van der Waals surface area contributed by atoms with Gasteiger partial charge >= 0.3 is 0 Å². The molecule has 0 saturated heterocycles. The molecule has 0 aromatic heterocycles. The van der Waals surface area contributed by atoms with Crippen molar-refractivity contribution in [2.45, 2.75) is 6.92 Å². The summed E-state index contributed by atoms with van der Waals surface area (Å²) in [5.41, 5.74) is 3.52. The second-order valence-electron chi connectivity index (χ2n) is 5.80. The first kappa shape index (κ1) is 13.7. The fourth-order valence-electron chi connectivity index (χ4n) is 3.31. The third-order valence-corrected chi connectivity index (χ3v) is 4.30. The molecule has 2 aliphatic rings. The van der Waals surface area contributed by atoms with E-state index in [9.17, 15) is 4.79 Å². The summed E-state index contributed by atoms with van der Waals surface area (Å²) < 4.78 is 0. The monoisotopic (exact) mass is 296 g/mol. The third kappa shape index (κ3) is 2.22. The highest BCUT2D eigenvalue weighted by Crippen LogP contribution is 2.42. The van der Waals surface area contributed by atoms with Gasteiger partial charge in [0.05, 0.1) is 0 Å². The minimum atomic E-state index is 0.0630. The van der Waals surface area contributed by atoms with Gasteiger partial charge in [-0.15, -0.1) is 0 Å². The molecule has 110 valence electrons. The standard InChI is InChI=1S/C22H16O/c1-15(23)11-13-20-18-9-3-2-4-10-19(18)21-14-12-16-7-5-6-8-17(16)22(20)21/h2-14H,1H3/b13-11+. The lowest BCUT2D eigenvalue weighted by Gasteiger charge is -2.01. The normalized spacial score (nSPS) is 11.7. The lowest BCUT2D eigenvalue weighted by molar-refractivity contribution is -0.112. The van der Waals surface area contributed by atoms with E-state index in [1.54, 1.807) is 13.0 Å².